The fraction of sp³-hybridized carbons (Fsp3) is 0.400. The summed E-state index contributed by atoms with van der Waals surface area (Å²) in [4.78, 5) is 15.3. The van der Waals surface area contributed by atoms with E-state index in [4.69, 9.17) is 16.3 Å². The highest BCUT2D eigenvalue weighted by molar-refractivity contribution is 14.1. The third kappa shape index (κ3) is 3.48. The lowest BCUT2D eigenvalue weighted by Crippen LogP contribution is -2.12. The number of pyridine rings is 1. The lowest BCUT2D eigenvalue weighted by Gasteiger charge is -2.10. The van der Waals surface area contributed by atoms with Crippen LogP contribution in [0.5, 0.6) is 0 Å². The third-order valence-electron chi connectivity index (χ3n) is 1.92. The van der Waals surface area contributed by atoms with Gasteiger partial charge >= 0.3 is 5.97 Å². The number of alkyl halides is 3. The molecule has 0 fully saturated rings. The second-order valence-corrected chi connectivity index (χ2v) is 4.44. The van der Waals surface area contributed by atoms with E-state index >= 15 is 0 Å². The number of esters is 1. The summed E-state index contributed by atoms with van der Waals surface area (Å²) in [6.07, 6.45) is -2.67. The van der Waals surface area contributed by atoms with Gasteiger partial charge in [-0.15, -0.1) is 11.6 Å². The van der Waals surface area contributed by atoms with Crippen LogP contribution in [-0.4, -0.2) is 17.6 Å². The quantitative estimate of drug-likeness (QED) is 0.459. The molecule has 0 aliphatic rings. The first-order valence-electron chi connectivity index (χ1n) is 4.71. The number of hydrogen-bond donors (Lipinski definition) is 0. The van der Waals surface area contributed by atoms with Crippen LogP contribution in [0.15, 0.2) is 6.07 Å². The molecular weight excluding hydrogens is 366 g/mol. The van der Waals surface area contributed by atoms with Gasteiger partial charge in [-0.05, 0) is 35.6 Å². The number of hydrogen-bond acceptors (Lipinski definition) is 3. The van der Waals surface area contributed by atoms with Crippen LogP contribution in [0.25, 0.3) is 0 Å². The molecule has 1 rings (SSSR count). The number of rotatable bonds is 4. The molecule has 0 aromatic carbocycles. The molecule has 94 valence electrons. The zero-order valence-corrected chi connectivity index (χ0v) is 11.8. The number of carbonyl (C=O) groups is 1. The van der Waals surface area contributed by atoms with Gasteiger partial charge in [0.05, 0.1) is 18.2 Å². The first-order chi connectivity index (χ1) is 8.01. The Bertz CT molecular complexity index is 429. The van der Waals surface area contributed by atoms with Gasteiger partial charge in [0.2, 0.25) is 0 Å². The van der Waals surface area contributed by atoms with Crippen molar-refractivity contribution in [2.75, 3.05) is 6.61 Å². The molecule has 3 nitrogen and oxygen atoms in total. The molecule has 0 atom stereocenters. The normalized spacial score (nSPS) is 10.7. The zero-order valence-electron chi connectivity index (χ0n) is 8.84. The van der Waals surface area contributed by atoms with Crippen molar-refractivity contribution in [1.82, 2.24) is 4.98 Å². The van der Waals surface area contributed by atoms with E-state index < -0.39 is 12.4 Å². The van der Waals surface area contributed by atoms with Gasteiger partial charge in [-0.3, -0.25) is 0 Å². The van der Waals surface area contributed by atoms with Crippen molar-refractivity contribution in [2.24, 2.45) is 0 Å². The summed E-state index contributed by atoms with van der Waals surface area (Å²) in [5.41, 5.74) is -0.227. The van der Waals surface area contributed by atoms with E-state index in [0.717, 1.165) is 0 Å². The Kier molecular flexibility index (Phi) is 5.51. The predicted octanol–water partition coefficient (Wildman–Crippen LogP) is 3.54. The maximum atomic E-state index is 12.7. The van der Waals surface area contributed by atoms with Gasteiger partial charge in [0.1, 0.15) is 0 Å². The molecule has 0 amide bonds. The highest BCUT2D eigenvalue weighted by Gasteiger charge is 2.20. The van der Waals surface area contributed by atoms with Crippen LogP contribution < -0.4 is 0 Å². The molecule has 0 aliphatic heterocycles. The van der Waals surface area contributed by atoms with Crippen LogP contribution in [0, 0.1) is 3.57 Å². The molecule has 0 spiro atoms. The molecule has 0 radical (unpaired) electrons. The van der Waals surface area contributed by atoms with Crippen molar-refractivity contribution in [1.29, 1.82) is 0 Å². The Hall–Kier alpha value is -0.500. The minimum Gasteiger partial charge on any atom is -0.461 e. The van der Waals surface area contributed by atoms with E-state index in [2.05, 4.69) is 4.98 Å². The molecule has 1 heterocycles. The summed E-state index contributed by atoms with van der Waals surface area (Å²) in [5, 5.41) is 0. The van der Waals surface area contributed by atoms with E-state index in [1.54, 1.807) is 29.5 Å². The first kappa shape index (κ1) is 14.6. The second kappa shape index (κ2) is 6.44. The van der Waals surface area contributed by atoms with E-state index in [0.29, 0.717) is 3.57 Å². The smallest absolute Gasteiger partial charge is 0.358 e. The molecule has 0 unspecified atom stereocenters. The van der Waals surface area contributed by atoms with Gasteiger partial charge in [0.25, 0.3) is 6.43 Å². The first-order valence-corrected chi connectivity index (χ1v) is 6.33. The summed E-state index contributed by atoms with van der Waals surface area (Å²) < 4.78 is 30.4. The average Bonchev–Trinajstić information content (AvgIpc) is 2.28. The molecule has 0 saturated carbocycles. The summed E-state index contributed by atoms with van der Waals surface area (Å²) in [7, 11) is 0. The standard InChI is InChI=1S/C10H9ClF2INO2/c1-2-17-10(16)8-6(14)3-5(9(12)13)7(4-11)15-8/h3,9H,2,4H2,1H3. The van der Waals surface area contributed by atoms with Crippen molar-refractivity contribution in [2.45, 2.75) is 19.2 Å². The Labute approximate surface area is 116 Å². The number of halogens is 4. The van der Waals surface area contributed by atoms with Crippen LogP contribution in [0.3, 0.4) is 0 Å². The molecule has 1 aromatic heterocycles. The lowest BCUT2D eigenvalue weighted by atomic mass is 10.2. The van der Waals surface area contributed by atoms with Gasteiger partial charge in [-0.1, -0.05) is 0 Å². The van der Waals surface area contributed by atoms with Crippen molar-refractivity contribution in [3.8, 4) is 0 Å². The van der Waals surface area contributed by atoms with Gasteiger partial charge < -0.3 is 4.74 Å². The second-order valence-electron chi connectivity index (χ2n) is 3.01. The van der Waals surface area contributed by atoms with Crippen LogP contribution in [0.4, 0.5) is 8.78 Å². The molecule has 0 bridgehead atoms. The maximum absolute atomic E-state index is 12.7. The minimum atomic E-state index is -2.67. The van der Waals surface area contributed by atoms with Gasteiger partial charge in [-0.25, -0.2) is 18.6 Å². The fourth-order valence-electron chi connectivity index (χ4n) is 1.18. The number of carbonyl (C=O) groups excluding carboxylic acids is 1. The van der Waals surface area contributed by atoms with E-state index in [1.165, 1.54) is 6.07 Å². The van der Waals surface area contributed by atoms with E-state index in [1.807, 2.05) is 0 Å². The largest absolute Gasteiger partial charge is 0.461 e. The fourth-order valence-corrected chi connectivity index (χ4v) is 2.07. The monoisotopic (exact) mass is 375 g/mol. The van der Waals surface area contributed by atoms with Crippen molar-refractivity contribution in [3.63, 3.8) is 0 Å². The van der Waals surface area contributed by atoms with Crippen LogP contribution in [-0.2, 0) is 10.6 Å². The maximum Gasteiger partial charge on any atom is 0.358 e. The molecule has 0 aliphatic carbocycles. The third-order valence-corrected chi connectivity index (χ3v) is 2.99. The summed E-state index contributed by atoms with van der Waals surface area (Å²) >= 11 is 7.30. The zero-order chi connectivity index (χ0) is 13.0. The number of nitrogens with zero attached hydrogens (tertiary/aromatic N) is 1. The Balaban J connectivity index is 3.22. The highest BCUT2D eigenvalue weighted by Crippen LogP contribution is 2.26. The number of ether oxygens (including phenoxy) is 1. The molecular formula is C10H9ClF2INO2. The highest BCUT2D eigenvalue weighted by atomic mass is 127. The minimum absolute atomic E-state index is 0.00476. The van der Waals surface area contributed by atoms with Crippen LogP contribution in [0.2, 0.25) is 0 Å². The van der Waals surface area contributed by atoms with Crippen molar-refractivity contribution in [3.05, 3.63) is 26.6 Å². The molecule has 7 heteroatoms. The van der Waals surface area contributed by atoms with Gasteiger partial charge in [0, 0.05) is 9.13 Å². The van der Waals surface area contributed by atoms with Crippen LogP contribution in [0.1, 0.15) is 35.1 Å². The molecule has 0 saturated heterocycles. The predicted molar refractivity (Wildman–Crippen MR) is 67.4 cm³/mol. The molecule has 17 heavy (non-hydrogen) atoms. The van der Waals surface area contributed by atoms with Gasteiger partial charge in [-0.2, -0.15) is 0 Å². The average molecular weight is 376 g/mol. The van der Waals surface area contributed by atoms with Crippen molar-refractivity contribution >= 4 is 40.2 Å². The summed E-state index contributed by atoms with van der Waals surface area (Å²) in [5.74, 6) is -0.813. The Morgan fingerprint density at radius 3 is 2.76 bits per heavy atom. The Morgan fingerprint density at radius 1 is 1.65 bits per heavy atom. The SMILES string of the molecule is CCOC(=O)c1nc(CCl)c(C(F)F)cc1I. The lowest BCUT2D eigenvalue weighted by molar-refractivity contribution is 0.0517. The van der Waals surface area contributed by atoms with E-state index in [-0.39, 0.29) is 29.4 Å². The topological polar surface area (TPSA) is 39.2 Å². The van der Waals surface area contributed by atoms with Gasteiger partial charge in [0.15, 0.2) is 5.69 Å². The Morgan fingerprint density at radius 2 is 2.29 bits per heavy atom. The van der Waals surface area contributed by atoms with Crippen molar-refractivity contribution < 1.29 is 18.3 Å². The molecule has 1 aromatic rings. The number of aromatic nitrogens is 1. The molecule has 0 N–H and O–H groups in total. The summed E-state index contributed by atoms with van der Waals surface area (Å²) in [6.45, 7) is 1.85. The van der Waals surface area contributed by atoms with E-state index in [9.17, 15) is 13.6 Å². The summed E-state index contributed by atoms with van der Waals surface area (Å²) in [6, 6.07) is 1.21. The van der Waals surface area contributed by atoms with Crippen LogP contribution >= 0.6 is 34.2 Å².